The quantitative estimate of drug-likeness (QED) is 0.807. The number of aliphatic hydroxyl groups excluding tert-OH is 1. The molecular formula is C15H19ClN2O2. The van der Waals surface area contributed by atoms with Gasteiger partial charge >= 0.3 is 0 Å². The zero-order chi connectivity index (χ0) is 15.0. The van der Waals surface area contributed by atoms with Crippen LogP contribution in [-0.4, -0.2) is 49.2 Å². The standard InChI is InChI=1S/C15H19ClN2O2/c1-3-18(2)9-8-17-15(20)13-7-6-12(5-4-10-19)14(16)11-13/h6-7,11,19H,3,8-10H2,1-2H3,(H,17,20). The first kappa shape index (κ1) is 16.5. The third-order valence-electron chi connectivity index (χ3n) is 2.85. The van der Waals surface area contributed by atoms with E-state index in [0.29, 0.717) is 22.7 Å². The molecule has 108 valence electrons. The summed E-state index contributed by atoms with van der Waals surface area (Å²) >= 11 is 6.04. The van der Waals surface area contributed by atoms with Crippen molar-refractivity contribution in [3.8, 4) is 11.8 Å². The summed E-state index contributed by atoms with van der Waals surface area (Å²) in [7, 11) is 2.00. The maximum atomic E-state index is 11.9. The van der Waals surface area contributed by atoms with Gasteiger partial charge in [-0.15, -0.1) is 0 Å². The molecule has 0 aliphatic heterocycles. The van der Waals surface area contributed by atoms with E-state index in [1.165, 1.54) is 0 Å². The Hall–Kier alpha value is -1.54. The Balaban J connectivity index is 2.63. The van der Waals surface area contributed by atoms with Crippen LogP contribution in [0, 0.1) is 11.8 Å². The van der Waals surface area contributed by atoms with E-state index in [4.69, 9.17) is 16.7 Å². The van der Waals surface area contributed by atoms with Gasteiger partial charge in [0.25, 0.3) is 5.91 Å². The molecule has 20 heavy (non-hydrogen) atoms. The fourth-order valence-corrected chi connectivity index (χ4v) is 1.74. The fraction of sp³-hybridized carbons (Fsp3) is 0.400. The van der Waals surface area contributed by atoms with Crippen LogP contribution in [0.3, 0.4) is 0 Å². The number of aliphatic hydroxyl groups is 1. The number of halogens is 1. The van der Waals surface area contributed by atoms with Crippen molar-refractivity contribution in [1.82, 2.24) is 10.2 Å². The van der Waals surface area contributed by atoms with Crippen LogP contribution in [-0.2, 0) is 0 Å². The van der Waals surface area contributed by atoms with Crippen LogP contribution in [0.4, 0.5) is 0 Å². The molecule has 0 fully saturated rings. The Morgan fingerprint density at radius 3 is 2.85 bits per heavy atom. The SMILES string of the molecule is CCN(C)CCNC(=O)c1ccc(C#CCO)c(Cl)c1. The van der Waals surface area contributed by atoms with Gasteiger partial charge < -0.3 is 15.3 Å². The molecule has 0 aromatic heterocycles. The normalized spacial score (nSPS) is 10.1. The van der Waals surface area contributed by atoms with Crippen molar-refractivity contribution < 1.29 is 9.90 Å². The number of hydrogen-bond acceptors (Lipinski definition) is 3. The molecule has 0 unspecified atom stereocenters. The molecule has 1 rings (SSSR count). The van der Waals surface area contributed by atoms with Gasteiger partial charge in [-0.3, -0.25) is 4.79 Å². The number of likely N-dealkylation sites (N-methyl/N-ethyl adjacent to an activating group) is 1. The summed E-state index contributed by atoms with van der Waals surface area (Å²) in [6.07, 6.45) is 0. The van der Waals surface area contributed by atoms with Crippen molar-refractivity contribution in [2.45, 2.75) is 6.92 Å². The number of carbonyl (C=O) groups is 1. The summed E-state index contributed by atoms with van der Waals surface area (Å²) in [5.41, 5.74) is 1.10. The molecule has 5 heteroatoms. The molecular weight excluding hydrogens is 276 g/mol. The highest BCUT2D eigenvalue weighted by Crippen LogP contribution is 2.16. The monoisotopic (exact) mass is 294 g/mol. The number of nitrogens with zero attached hydrogens (tertiary/aromatic N) is 1. The van der Waals surface area contributed by atoms with Crippen LogP contribution in [0.15, 0.2) is 18.2 Å². The van der Waals surface area contributed by atoms with Crippen molar-refractivity contribution in [3.05, 3.63) is 34.3 Å². The number of nitrogens with one attached hydrogen (secondary N) is 1. The molecule has 1 aromatic rings. The lowest BCUT2D eigenvalue weighted by atomic mass is 10.1. The highest BCUT2D eigenvalue weighted by atomic mass is 35.5. The molecule has 0 bridgehead atoms. The third-order valence-corrected chi connectivity index (χ3v) is 3.17. The summed E-state index contributed by atoms with van der Waals surface area (Å²) in [5.74, 6) is 5.09. The topological polar surface area (TPSA) is 52.6 Å². The summed E-state index contributed by atoms with van der Waals surface area (Å²) in [4.78, 5) is 14.0. The van der Waals surface area contributed by atoms with Gasteiger partial charge in [-0.25, -0.2) is 0 Å². The van der Waals surface area contributed by atoms with Crippen LogP contribution in [0.2, 0.25) is 5.02 Å². The third kappa shape index (κ3) is 5.22. The van der Waals surface area contributed by atoms with Crippen LogP contribution in [0.25, 0.3) is 0 Å². The molecule has 0 heterocycles. The molecule has 0 aliphatic carbocycles. The number of carbonyl (C=O) groups excluding carboxylic acids is 1. The number of amides is 1. The average molecular weight is 295 g/mol. The van der Waals surface area contributed by atoms with Gasteiger partial charge in [-0.2, -0.15) is 0 Å². The minimum atomic E-state index is -0.219. The second kappa shape index (κ2) is 8.60. The molecule has 0 aliphatic rings. The smallest absolute Gasteiger partial charge is 0.251 e. The Bertz CT molecular complexity index is 520. The lowest BCUT2D eigenvalue weighted by Crippen LogP contribution is -2.32. The van der Waals surface area contributed by atoms with Crippen molar-refractivity contribution in [3.63, 3.8) is 0 Å². The molecule has 4 nitrogen and oxygen atoms in total. The van der Waals surface area contributed by atoms with Crippen molar-refractivity contribution >= 4 is 17.5 Å². The van der Waals surface area contributed by atoms with Crippen molar-refractivity contribution in [2.24, 2.45) is 0 Å². The van der Waals surface area contributed by atoms with Gasteiger partial charge in [0, 0.05) is 24.2 Å². The minimum absolute atomic E-state index is 0.155. The Morgan fingerprint density at radius 1 is 1.50 bits per heavy atom. The lowest BCUT2D eigenvalue weighted by Gasteiger charge is -2.14. The zero-order valence-electron chi connectivity index (χ0n) is 11.7. The minimum Gasteiger partial charge on any atom is -0.384 e. The van der Waals surface area contributed by atoms with Gasteiger partial charge in [0.2, 0.25) is 0 Å². The summed E-state index contributed by atoms with van der Waals surface area (Å²) in [5, 5.41) is 11.9. The largest absolute Gasteiger partial charge is 0.384 e. The van der Waals surface area contributed by atoms with E-state index in [-0.39, 0.29) is 12.5 Å². The van der Waals surface area contributed by atoms with Crippen LogP contribution in [0.1, 0.15) is 22.8 Å². The Kier molecular flexibility index (Phi) is 7.10. The molecule has 1 amide bonds. The number of hydrogen-bond donors (Lipinski definition) is 2. The van der Waals surface area contributed by atoms with E-state index in [1.54, 1.807) is 18.2 Å². The fourth-order valence-electron chi connectivity index (χ4n) is 1.51. The van der Waals surface area contributed by atoms with Crippen LogP contribution in [0.5, 0.6) is 0 Å². The highest BCUT2D eigenvalue weighted by molar-refractivity contribution is 6.32. The molecule has 0 spiro atoms. The first-order chi connectivity index (χ1) is 9.58. The van der Waals surface area contributed by atoms with E-state index in [9.17, 15) is 4.79 Å². The first-order valence-electron chi connectivity index (χ1n) is 6.44. The van der Waals surface area contributed by atoms with E-state index in [0.717, 1.165) is 13.1 Å². The van der Waals surface area contributed by atoms with E-state index in [1.807, 2.05) is 7.05 Å². The van der Waals surface area contributed by atoms with Crippen molar-refractivity contribution in [1.29, 1.82) is 0 Å². The van der Waals surface area contributed by atoms with Gasteiger partial charge in [0.15, 0.2) is 0 Å². The van der Waals surface area contributed by atoms with Gasteiger partial charge in [-0.1, -0.05) is 30.4 Å². The predicted molar refractivity (Wildman–Crippen MR) is 80.9 cm³/mol. The second-order valence-corrected chi connectivity index (χ2v) is 4.71. The first-order valence-corrected chi connectivity index (χ1v) is 6.82. The van der Waals surface area contributed by atoms with Gasteiger partial charge in [-0.05, 0) is 31.8 Å². The number of rotatable bonds is 5. The lowest BCUT2D eigenvalue weighted by molar-refractivity contribution is 0.0950. The molecule has 0 atom stereocenters. The van der Waals surface area contributed by atoms with Crippen molar-refractivity contribution in [2.75, 3.05) is 33.3 Å². The van der Waals surface area contributed by atoms with Gasteiger partial charge in [0.05, 0.1) is 5.02 Å². The van der Waals surface area contributed by atoms with Gasteiger partial charge in [0.1, 0.15) is 6.61 Å². The summed E-state index contributed by atoms with van der Waals surface area (Å²) in [6, 6.07) is 4.94. The van der Waals surface area contributed by atoms with Crippen LogP contribution >= 0.6 is 11.6 Å². The highest BCUT2D eigenvalue weighted by Gasteiger charge is 2.07. The molecule has 0 saturated carbocycles. The summed E-state index contributed by atoms with van der Waals surface area (Å²) in [6.45, 7) is 4.18. The number of benzene rings is 1. The molecule has 2 N–H and O–H groups in total. The summed E-state index contributed by atoms with van der Waals surface area (Å²) < 4.78 is 0. The molecule has 1 aromatic carbocycles. The maximum absolute atomic E-state index is 11.9. The van der Waals surface area contributed by atoms with E-state index in [2.05, 4.69) is 29.0 Å². The Morgan fingerprint density at radius 2 is 2.25 bits per heavy atom. The van der Waals surface area contributed by atoms with E-state index < -0.39 is 0 Å². The van der Waals surface area contributed by atoms with E-state index >= 15 is 0 Å². The Labute approximate surface area is 124 Å². The van der Waals surface area contributed by atoms with Crippen LogP contribution < -0.4 is 5.32 Å². The average Bonchev–Trinajstić information content (AvgIpc) is 2.45. The molecule has 0 saturated heterocycles. The molecule has 0 radical (unpaired) electrons. The maximum Gasteiger partial charge on any atom is 0.251 e. The zero-order valence-corrected chi connectivity index (χ0v) is 12.5. The predicted octanol–water partition coefficient (Wildman–Crippen LogP) is 1.37. The second-order valence-electron chi connectivity index (χ2n) is 4.31.